The molecule has 0 aromatic heterocycles. The van der Waals surface area contributed by atoms with E-state index in [1.165, 1.54) is 25.8 Å². The molecule has 0 aliphatic heterocycles. The molecule has 0 unspecified atom stereocenters. The lowest BCUT2D eigenvalue weighted by Gasteiger charge is -2.18. The molecule has 7 heteroatoms. The first-order chi connectivity index (χ1) is 6.90. The predicted octanol–water partition coefficient (Wildman–Crippen LogP) is -0.122. The van der Waals surface area contributed by atoms with Crippen molar-refractivity contribution >= 4 is 23.8 Å². The van der Waals surface area contributed by atoms with Crippen LogP contribution >= 0.6 is 11.8 Å². The van der Waals surface area contributed by atoms with Crippen molar-refractivity contribution in [3.63, 3.8) is 0 Å². The zero-order valence-electron chi connectivity index (χ0n) is 8.78. The Morgan fingerprint density at radius 3 is 2.67 bits per heavy atom. The van der Waals surface area contributed by atoms with E-state index in [2.05, 4.69) is 10.1 Å². The molecule has 0 aromatic carbocycles. The number of rotatable bonds is 6. The van der Waals surface area contributed by atoms with Crippen molar-refractivity contribution in [3.05, 3.63) is 0 Å². The maximum Gasteiger partial charge on any atom is 0.406 e. The standard InChI is InChI=1S/C8H16N2O4S/c1-8(9,6(11)12)5-15-4-3-10-7(13)14-2/h3-5,9H2,1-2H3,(H,10,13)(H,11,12)/t8-/m0/s1. The number of nitrogens with two attached hydrogens (primary N) is 1. The minimum absolute atomic E-state index is 0.297. The van der Waals surface area contributed by atoms with Crippen LogP contribution in [-0.2, 0) is 9.53 Å². The van der Waals surface area contributed by atoms with E-state index >= 15 is 0 Å². The van der Waals surface area contributed by atoms with Gasteiger partial charge in [-0.25, -0.2) is 4.79 Å². The molecule has 15 heavy (non-hydrogen) atoms. The van der Waals surface area contributed by atoms with Crippen LogP contribution in [0.5, 0.6) is 0 Å². The van der Waals surface area contributed by atoms with Gasteiger partial charge in [0.25, 0.3) is 0 Å². The third-order valence-corrected chi connectivity index (χ3v) is 2.89. The van der Waals surface area contributed by atoms with Crippen LogP contribution in [0.25, 0.3) is 0 Å². The first-order valence-electron chi connectivity index (χ1n) is 4.32. The van der Waals surface area contributed by atoms with Gasteiger partial charge < -0.3 is 20.9 Å². The van der Waals surface area contributed by atoms with Crippen molar-refractivity contribution in [2.75, 3.05) is 25.2 Å². The van der Waals surface area contributed by atoms with E-state index in [0.29, 0.717) is 18.1 Å². The lowest BCUT2D eigenvalue weighted by atomic mass is 10.1. The molecule has 1 amide bonds. The zero-order chi connectivity index (χ0) is 11.9. The lowest BCUT2D eigenvalue weighted by Crippen LogP contribution is -2.47. The summed E-state index contributed by atoms with van der Waals surface area (Å²) in [4.78, 5) is 21.2. The summed E-state index contributed by atoms with van der Waals surface area (Å²) in [5.41, 5.74) is 4.27. The number of carboxylic acids is 1. The Morgan fingerprint density at radius 2 is 2.20 bits per heavy atom. The van der Waals surface area contributed by atoms with Gasteiger partial charge in [0.1, 0.15) is 5.54 Å². The molecule has 0 heterocycles. The van der Waals surface area contributed by atoms with Gasteiger partial charge in [-0.05, 0) is 6.92 Å². The van der Waals surface area contributed by atoms with Gasteiger partial charge in [0.2, 0.25) is 0 Å². The minimum Gasteiger partial charge on any atom is -0.480 e. The molecule has 0 aliphatic carbocycles. The molecule has 6 nitrogen and oxygen atoms in total. The summed E-state index contributed by atoms with van der Waals surface area (Å²) in [7, 11) is 1.28. The van der Waals surface area contributed by atoms with Crippen LogP contribution in [-0.4, -0.2) is 47.9 Å². The number of methoxy groups -OCH3 is 1. The van der Waals surface area contributed by atoms with Crippen molar-refractivity contribution in [1.29, 1.82) is 0 Å². The van der Waals surface area contributed by atoms with Crippen LogP contribution in [0.2, 0.25) is 0 Å². The molecule has 0 saturated heterocycles. The summed E-state index contributed by atoms with van der Waals surface area (Å²) in [6.07, 6.45) is -0.496. The summed E-state index contributed by atoms with van der Waals surface area (Å²) in [6.45, 7) is 1.88. The number of nitrogens with one attached hydrogen (secondary N) is 1. The van der Waals surface area contributed by atoms with Crippen LogP contribution in [0.3, 0.4) is 0 Å². The normalized spacial score (nSPS) is 14.1. The number of carbonyl (C=O) groups is 2. The van der Waals surface area contributed by atoms with E-state index in [0.717, 1.165) is 0 Å². The Bertz CT molecular complexity index is 233. The van der Waals surface area contributed by atoms with E-state index < -0.39 is 17.6 Å². The van der Waals surface area contributed by atoms with Gasteiger partial charge >= 0.3 is 12.1 Å². The average Bonchev–Trinajstić information content (AvgIpc) is 2.16. The highest BCUT2D eigenvalue weighted by Gasteiger charge is 2.27. The minimum atomic E-state index is -1.23. The van der Waals surface area contributed by atoms with Gasteiger partial charge in [-0.3, -0.25) is 4.79 Å². The molecule has 0 rings (SSSR count). The predicted molar refractivity (Wildman–Crippen MR) is 58.0 cm³/mol. The molecule has 0 aromatic rings. The Labute approximate surface area is 92.5 Å². The van der Waals surface area contributed by atoms with Gasteiger partial charge in [-0.15, -0.1) is 0 Å². The summed E-state index contributed by atoms with van der Waals surface area (Å²) in [6, 6.07) is 0. The highest BCUT2D eigenvalue weighted by molar-refractivity contribution is 7.99. The number of ether oxygens (including phenoxy) is 1. The van der Waals surface area contributed by atoms with Crippen LogP contribution in [0.4, 0.5) is 4.79 Å². The third-order valence-electron chi connectivity index (χ3n) is 1.59. The number of amides is 1. The van der Waals surface area contributed by atoms with Crippen molar-refractivity contribution in [1.82, 2.24) is 5.32 Å². The molecular formula is C8H16N2O4S. The van der Waals surface area contributed by atoms with Gasteiger partial charge in [0.05, 0.1) is 7.11 Å². The highest BCUT2D eigenvalue weighted by atomic mass is 32.2. The highest BCUT2D eigenvalue weighted by Crippen LogP contribution is 2.09. The van der Waals surface area contributed by atoms with Gasteiger partial charge in [-0.2, -0.15) is 11.8 Å². The SMILES string of the molecule is COC(=O)NCCSC[C@](C)(N)C(=O)O. The van der Waals surface area contributed by atoms with Gasteiger partial charge in [-0.1, -0.05) is 0 Å². The zero-order valence-corrected chi connectivity index (χ0v) is 9.60. The molecule has 0 aliphatic rings. The van der Waals surface area contributed by atoms with Crippen LogP contribution in [0, 0.1) is 0 Å². The topological polar surface area (TPSA) is 102 Å². The summed E-state index contributed by atoms with van der Waals surface area (Å²) in [5, 5.41) is 11.2. The second-order valence-electron chi connectivity index (χ2n) is 3.19. The van der Waals surface area contributed by atoms with E-state index in [1.54, 1.807) is 0 Å². The molecule has 0 fully saturated rings. The van der Waals surface area contributed by atoms with Crippen molar-refractivity contribution < 1.29 is 19.4 Å². The number of carboxylic acid groups (broad SMARTS) is 1. The van der Waals surface area contributed by atoms with E-state index in [9.17, 15) is 9.59 Å². The van der Waals surface area contributed by atoms with E-state index in [1.807, 2.05) is 0 Å². The molecule has 1 atom stereocenters. The van der Waals surface area contributed by atoms with Crippen LogP contribution < -0.4 is 11.1 Å². The molecule has 0 spiro atoms. The first-order valence-corrected chi connectivity index (χ1v) is 5.47. The quantitative estimate of drug-likeness (QED) is 0.556. The Morgan fingerprint density at radius 1 is 1.60 bits per heavy atom. The lowest BCUT2D eigenvalue weighted by molar-refractivity contribution is -0.141. The summed E-state index contributed by atoms with van der Waals surface area (Å²) < 4.78 is 4.36. The fourth-order valence-electron chi connectivity index (χ4n) is 0.643. The third kappa shape index (κ3) is 6.19. The van der Waals surface area contributed by atoms with Crippen LogP contribution in [0.15, 0.2) is 0 Å². The second-order valence-corrected chi connectivity index (χ2v) is 4.30. The molecule has 0 radical (unpaired) electrons. The first kappa shape index (κ1) is 14.1. The summed E-state index contributed by atoms with van der Waals surface area (Å²) >= 11 is 1.36. The fraction of sp³-hybridized carbons (Fsp3) is 0.750. The number of thioether (sulfide) groups is 1. The monoisotopic (exact) mass is 236 g/mol. The molecular weight excluding hydrogens is 220 g/mol. The van der Waals surface area contributed by atoms with Gasteiger partial charge in [0.15, 0.2) is 0 Å². The fourth-order valence-corrected chi connectivity index (χ4v) is 1.58. The number of hydrogen-bond donors (Lipinski definition) is 3. The van der Waals surface area contributed by atoms with E-state index in [4.69, 9.17) is 10.8 Å². The molecule has 0 bridgehead atoms. The van der Waals surface area contributed by atoms with Crippen molar-refractivity contribution in [2.45, 2.75) is 12.5 Å². The number of alkyl carbamates (subject to hydrolysis) is 1. The van der Waals surface area contributed by atoms with Crippen molar-refractivity contribution in [3.8, 4) is 0 Å². The maximum atomic E-state index is 10.6. The average molecular weight is 236 g/mol. The van der Waals surface area contributed by atoms with Crippen molar-refractivity contribution in [2.24, 2.45) is 5.73 Å². The summed E-state index contributed by atoms with van der Waals surface area (Å²) in [5.74, 6) is -0.142. The van der Waals surface area contributed by atoms with E-state index in [-0.39, 0.29) is 0 Å². The van der Waals surface area contributed by atoms with Crippen LogP contribution in [0.1, 0.15) is 6.92 Å². The number of carbonyl (C=O) groups excluding carboxylic acids is 1. The Balaban J connectivity index is 3.55. The van der Waals surface area contributed by atoms with Gasteiger partial charge in [0, 0.05) is 18.1 Å². The second kappa shape index (κ2) is 6.52. The molecule has 0 saturated carbocycles. The largest absolute Gasteiger partial charge is 0.480 e. The number of aliphatic carboxylic acids is 1. The molecule has 88 valence electrons. The Hall–Kier alpha value is -0.950. The number of hydrogen-bond acceptors (Lipinski definition) is 5. The molecule has 4 N–H and O–H groups in total. The smallest absolute Gasteiger partial charge is 0.406 e. The maximum absolute atomic E-state index is 10.6. The Kier molecular flexibility index (Phi) is 6.11.